The normalized spacial score (nSPS) is 19.8. The van der Waals surface area contributed by atoms with Crippen LogP contribution in [0.4, 0.5) is 4.39 Å². The molecule has 1 heterocycles. The fraction of sp³-hybridized carbons (Fsp3) is 0.533. The molecule has 1 fully saturated rings. The highest BCUT2D eigenvalue weighted by Gasteiger charge is 2.34. The van der Waals surface area contributed by atoms with Crippen LogP contribution in [0.15, 0.2) is 24.3 Å². The summed E-state index contributed by atoms with van der Waals surface area (Å²) in [6.07, 6.45) is 3.90. The molecular weight excluding hydrogens is 307 g/mol. The van der Waals surface area contributed by atoms with E-state index in [0.717, 1.165) is 24.7 Å². The summed E-state index contributed by atoms with van der Waals surface area (Å²) in [6.45, 7) is 0.799. The Morgan fingerprint density at radius 1 is 1.32 bits per heavy atom. The average molecular weight is 328 g/mol. The highest BCUT2D eigenvalue weighted by Crippen LogP contribution is 2.19. The lowest BCUT2D eigenvalue weighted by Crippen LogP contribution is -2.51. The Morgan fingerprint density at radius 2 is 2.00 bits per heavy atom. The van der Waals surface area contributed by atoms with Crippen molar-refractivity contribution in [3.63, 3.8) is 0 Å². The van der Waals surface area contributed by atoms with E-state index >= 15 is 0 Å². The molecule has 0 spiro atoms. The maximum atomic E-state index is 12.8. The van der Waals surface area contributed by atoms with Crippen molar-refractivity contribution in [3.05, 3.63) is 35.6 Å². The number of rotatable bonds is 5. The van der Waals surface area contributed by atoms with E-state index in [4.69, 9.17) is 0 Å². The molecular formula is C15H21FN2O3S. The molecule has 0 aromatic heterocycles. The Hall–Kier alpha value is -1.47. The second kappa shape index (κ2) is 7.19. The van der Waals surface area contributed by atoms with Gasteiger partial charge >= 0.3 is 0 Å². The molecule has 2 rings (SSSR count). The van der Waals surface area contributed by atoms with Crippen molar-refractivity contribution in [2.24, 2.45) is 0 Å². The lowest BCUT2D eigenvalue weighted by Gasteiger charge is -2.32. The summed E-state index contributed by atoms with van der Waals surface area (Å²) in [5.41, 5.74) is 0.922. The SMILES string of the molecule is CS(=O)(=O)N1CCCCC1C(=O)NCCc1ccc(F)cc1. The minimum atomic E-state index is -3.37. The fourth-order valence-electron chi connectivity index (χ4n) is 2.66. The molecule has 0 aliphatic carbocycles. The maximum absolute atomic E-state index is 12.8. The van der Waals surface area contributed by atoms with Crippen LogP contribution in [0.25, 0.3) is 0 Å². The van der Waals surface area contributed by atoms with Crippen LogP contribution >= 0.6 is 0 Å². The van der Waals surface area contributed by atoms with Gasteiger partial charge in [0.1, 0.15) is 11.9 Å². The number of carbonyl (C=O) groups is 1. The quantitative estimate of drug-likeness (QED) is 0.886. The zero-order valence-corrected chi connectivity index (χ0v) is 13.4. The number of piperidine rings is 1. The lowest BCUT2D eigenvalue weighted by atomic mass is 10.0. The lowest BCUT2D eigenvalue weighted by molar-refractivity contribution is -0.125. The van der Waals surface area contributed by atoms with Crippen LogP contribution in [0.1, 0.15) is 24.8 Å². The molecule has 1 aliphatic rings. The first-order chi connectivity index (χ1) is 10.4. The summed E-state index contributed by atoms with van der Waals surface area (Å²) < 4.78 is 37.6. The first-order valence-corrected chi connectivity index (χ1v) is 9.22. The number of nitrogens with zero attached hydrogens (tertiary/aromatic N) is 1. The predicted octanol–water partition coefficient (Wildman–Crippen LogP) is 1.30. The van der Waals surface area contributed by atoms with Crippen molar-refractivity contribution in [2.45, 2.75) is 31.7 Å². The maximum Gasteiger partial charge on any atom is 0.238 e. The summed E-state index contributed by atoms with van der Waals surface area (Å²) in [5, 5.41) is 2.78. The molecule has 1 atom stereocenters. The van der Waals surface area contributed by atoms with E-state index in [1.54, 1.807) is 12.1 Å². The number of carbonyl (C=O) groups excluding carboxylic acids is 1. The van der Waals surface area contributed by atoms with Gasteiger partial charge in [0.2, 0.25) is 15.9 Å². The Kier molecular flexibility index (Phi) is 5.52. The number of halogens is 1. The molecule has 1 aromatic carbocycles. The van der Waals surface area contributed by atoms with Crippen LogP contribution in [-0.2, 0) is 21.2 Å². The number of nitrogens with one attached hydrogen (secondary N) is 1. The standard InChI is InChI=1S/C15H21FN2O3S/c1-22(20,21)18-11-3-2-4-14(18)15(19)17-10-9-12-5-7-13(16)8-6-12/h5-8,14H,2-4,9-11H2,1H3,(H,17,19). The molecule has 1 amide bonds. The van der Waals surface area contributed by atoms with Crippen LogP contribution in [0.5, 0.6) is 0 Å². The molecule has 7 heteroatoms. The second-order valence-corrected chi connectivity index (χ2v) is 7.49. The highest BCUT2D eigenvalue weighted by molar-refractivity contribution is 7.88. The van der Waals surface area contributed by atoms with Crippen molar-refractivity contribution in [2.75, 3.05) is 19.3 Å². The van der Waals surface area contributed by atoms with Crippen molar-refractivity contribution in [1.82, 2.24) is 9.62 Å². The third-order valence-corrected chi connectivity index (χ3v) is 5.10. The summed E-state index contributed by atoms with van der Waals surface area (Å²) in [6, 6.07) is 5.49. The van der Waals surface area contributed by atoms with Gasteiger partial charge in [-0.3, -0.25) is 4.79 Å². The van der Waals surface area contributed by atoms with Crippen molar-refractivity contribution in [1.29, 1.82) is 0 Å². The third-order valence-electron chi connectivity index (χ3n) is 3.81. The van der Waals surface area contributed by atoms with E-state index in [2.05, 4.69) is 5.32 Å². The summed E-state index contributed by atoms with van der Waals surface area (Å²) >= 11 is 0. The van der Waals surface area contributed by atoms with Gasteiger partial charge in [-0.15, -0.1) is 0 Å². The molecule has 1 N–H and O–H groups in total. The first-order valence-electron chi connectivity index (χ1n) is 7.37. The van der Waals surface area contributed by atoms with Crippen molar-refractivity contribution < 1.29 is 17.6 Å². The number of amides is 1. The van der Waals surface area contributed by atoms with Gasteiger partial charge in [0.15, 0.2) is 0 Å². The summed E-state index contributed by atoms with van der Waals surface area (Å²) in [7, 11) is -3.37. The fourth-order valence-corrected chi connectivity index (χ4v) is 3.79. The van der Waals surface area contributed by atoms with Crippen LogP contribution in [0, 0.1) is 5.82 Å². The van der Waals surface area contributed by atoms with Crippen LogP contribution in [0.2, 0.25) is 0 Å². The third kappa shape index (κ3) is 4.51. The number of benzene rings is 1. The van der Waals surface area contributed by atoms with E-state index < -0.39 is 16.1 Å². The van der Waals surface area contributed by atoms with E-state index in [1.165, 1.54) is 16.4 Å². The van der Waals surface area contributed by atoms with Gasteiger partial charge < -0.3 is 5.32 Å². The molecule has 22 heavy (non-hydrogen) atoms. The highest BCUT2D eigenvalue weighted by atomic mass is 32.2. The number of sulfonamides is 1. The summed E-state index contributed by atoms with van der Waals surface area (Å²) in [4.78, 5) is 12.2. The zero-order chi connectivity index (χ0) is 16.2. The Bertz CT molecular complexity index is 616. The molecule has 1 aromatic rings. The molecule has 5 nitrogen and oxygen atoms in total. The Labute approximate surface area is 130 Å². The second-order valence-electron chi connectivity index (χ2n) is 5.55. The zero-order valence-electron chi connectivity index (χ0n) is 12.6. The van der Waals surface area contributed by atoms with E-state index in [-0.39, 0.29) is 11.7 Å². The van der Waals surface area contributed by atoms with Gasteiger partial charge in [0.05, 0.1) is 6.26 Å². The minimum absolute atomic E-state index is 0.257. The summed E-state index contributed by atoms with van der Waals surface area (Å²) in [5.74, 6) is -0.550. The largest absolute Gasteiger partial charge is 0.354 e. The van der Waals surface area contributed by atoms with Crippen LogP contribution < -0.4 is 5.32 Å². The topological polar surface area (TPSA) is 66.5 Å². The van der Waals surface area contributed by atoms with Gasteiger partial charge in [0.25, 0.3) is 0 Å². The van der Waals surface area contributed by atoms with Crippen molar-refractivity contribution >= 4 is 15.9 Å². The smallest absolute Gasteiger partial charge is 0.238 e. The number of hydrogen-bond acceptors (Lipinski definition) is 3. The first kappa shape index (κ1) is 16.9. The predicted molar refractivity (Wildman–Crippen MR) is 82.3 cm³/mol. The molecule has 0 bridgehead atoms. The Balaban J connectivity index is 1.89. The molecule has 1 aliphatic heterocycles. The monoisotopic (exact) mass is 328 g/mol. The van der Waals surface area contributed by atoms with E-state index in [9.17, 15) is 17.6 Å². The van der Waals surface area contributed by atoms with Gasteiger partial charge in [-0.2, -0.15) is 4.31 Å². The van der Waals surface area contributed by atoms with E-state index in [0.29, 0.717) is 25.9 Å². The molecule has 0 saturated carbocycles. The van der Waals surface area contributed by atoms with Gasteiger partial charge in [-0.1, -0.05) is 18.6 Å². The molecule has 1 saturated heterocycles. The van der Waals surface area contributed by atoms with Gasteiger partial charge in [-0.05, 0) is 37.0 Å². The minimum Gasteiger partial charge on any atom is -0.354 e. The average Bonchev–Trinajstić information content (AvgIpc) is 2.48. The molecule has 122 valence electrons. The van der Waals surface area contributed by atoms with E-state index in [1.807, 2.05) is 0 Å². The van der Waals surface area contributed by atoms with Gasteiger partial charge in [0, 0.05) is 13.1 Å². The molecule has 0 radical (unpaired) electrons. The molecule has 1 unspecified atom stereocenters. The van der Waals surface area contributed by atoms with Crippen molar-refractivity contribution in [3.8, 4) is 0 Å². The Morgan fingerprint density at radius 3 is 2.64 bits per heavy atom. The van der Waals surface area contributed by atoms with Gasteiger partial charge in [-0.25, -0.2) is 12.8 Å². The van der Waals surface area contributed by atoms with Crippen LogP contribution in [0.3, 0.4) is 0 Å². The van der Waals surface area contributed by atoms with Crippen LogP contribution in [-0.4, -0.2) is 44.0 Å². The number of hydrogen-bond donors (Lipinski definition) is 1.